The second kappa shape index (κ2) is 10.4. The number of fused-ring (bicyclic) bond motifs is 1. The van der Waals surface area contributed by atoms with Crippen molar-refractivity contribution in [2.24, 2.45) is 0 Å². The summed E-state index contributed by atoms with van der Waals surface area (Å²) < 4.78 is 20.5. The average molecular weight is 464 g/mol. The molecule has 0 aliphatic rings. The number of rotatable bonds is 9. The van der Waals surface area contributed by atoms with Crippen LogP contribution in [0.3, 0.4) is 0 Å². The number of aryl methyl sites for hydroxylation is 3. The molecule has 0 unspecified atom stereocenters. The van der Waals surface area contributed by atoms with Gasteiger partial charge >= 0.3 is 0 Å². The first-order valence-corrected chi connectivity index (χ1v) is 11.9. The van der Waals surface area contributed by atoms with Crippen LogP contribution >= 0.6 is 23.1 Å². The molecule has 0 aliphatic heterocycles. The van der Waals surface area contributed by atoms with E-state index in [4.69, 9.17) is 9.72 Å². The van der Waals surface area contributed by atoms with Crippen molar-refractivity contribution >= 4 is 44.9 Å². The van der Waals surface area contributed by atoms with Crippen LogP contribution in [0.25, 0.3) is 10.2 Å². The molecule has 1 N–H and O–H groups in total. The Morgan fingerprint density at radius 2 is 2.10 bits per heavy atom. The molecule has 6 nitrogen and oxygen atoms in total. The molecule has 0 saturated carbocycles. The Balaban J connectivity index is 1.83. The van der Waals surface area contributed by atoms with Crippen LogP contribution in [-0.4, -0.2) is 34.4 Å². The highest BCUT2D eigenvalue weighted by molar-refractivity contribution is 7.99. The number of carbonyl (C=O) groups excluding carboxylic acids is 1. The third-order valence-electron chi connectivity index (χ3n) is 4.93. The first-order valence-electron chi connectivity index (χ1n) is 10.1. The van der Waals surface area contributed by atoms with Gasteiger partial charge in [-0.25, -0.2) is 9.37 Å². The molecule has 9 heteroatoms. The minimum Gasteiger partial charge on any atom is -0.382 e. The summed E-state index contributed by atoms with van der Waals surface area (Å²) >= 11 is 2.69. The van der Waals surface area contributed by atoms with Crippen molar-refractivity contribution in [3.63, 3.8) is 0 Å². The smallest absolute Gasteiger partial charge is 0.263 e. The van der Waals surface area contributed by atoms with E-state index in [2.05, 4.69) is 5.32 Å². The van der Waals surface area contributed by atoms with E-state index in [9.17, 15) is 14.0 Å². The Bertz CT molecular complexity index is 1160. The van der Waals surface area contributed by atoms with E-state index in [0.29, 0.717) is 47.2 Å². The number of hydrogen-bond donors (Lipinski definition) is 1. The summed E-state index contributed by atoms with van der Waals surface area (Å²) in [5, 5.41) is 3.88. The number of benzene rings is 1. The van der Waals surface area contributed by atoms with Gasteiger partial charge in [-0.05, 0) is 57.4 Å². The zero-order valence-corrected chi connectivity index (χ0v) is 19.7. The lowest BCUT2D eigenvalue weighted by Gasteiger charge is -2.13. The topological polar surface area (TPSA) is 73.2 Å². The Morgan fingerprint density at radius 3 is 2.84 bits per heavy atom. The van der Waals surface area contributed by atoms with Crippen LogP contribution in [0.15, 0.2) is 28.2 Å². The quantitative estimate of drug-likeness (QED) is 0.283. The Hall–Kier alpha value is -2.23. The largest absolute Gasteiger partial charge is 0.382 e. The maximum atomic E-state index is 13.5. The lowest BCUT2D eigenvalue weighted by molar-refractivity contribution is -0.113. The number of halogens is 1. The fourth-order valence-electron chi connectivity index (χ4n) is 3.13. The third kappa shape index (κ3) is 5.53. The molecule has 2 heterocycles. The van der Waals surface area contributed by atoms with Gasteiger partial charge in [0.2, 0.25) is 5.91 Å². The van der Waals surface area contributed by atoms with Crippen molar-refractivity contribution in [2.45, 2.75) is 45.8 Å². The van der Waals surface area contributed by atoms with E-state index in [0.717, 1.165) is 16.0 Å². The molecule has 2 aromatic heterocycles. The number of nitrogens with one attached hydrogen (secondary N) is 1. The summed E-state index contributed by atoms with van der Waals surface area (Å²) in [6, 6.07) is 4.26. The van der Waals surface area contributed by atoms with Crippen LogP contribution in [0, 0.1) is 26.6 Å². The summed E-state index contributed by atoms with van der Waals surface area (Å²) in [4.78, 5) is 32.1. The minimum absolute atomic E-state index is 0.0582. The van der Waals surface area contributed by atoms with Gasteiger partial charge in [-0.15, -0.1) is 11.3 Å². The van der Waals surface area contributed by atoms with Crippen LogP contribution in [0.1, 0.15) is 29.3 Å². The van der Waals surface area contributed by atoms with E-state index in [1.807, 2.05) is 20.8 Å². The predicted molar refractivity (Wildman–Crippen MR) is 125 cm³/mol. The number of thiophene rings is 1. The number of hydrogen-bond acceptors (Lipinski definition) is 6. The van der Waals surface area contributed by atoms with Crippen LogP contribution in [0.4, 0.5) is 10.1 Å². The van der Waals surface area contributed by atoms with E-state index in [-0.39, 0.29) is 17.2 Å². The average Bonchev–Trinajstić information content (AvgIpc) is 3.01. The molecular weight excluding hydrogens is 437 g/mol. The molecule has 0 aliphatic carbocycles. The van der Waals surface area contributed by atoms with Crippen molar-refractivity contribution in [3.8, 4) is 0 Å². The molecule has 0 atom stereocenters. The van der Waals surface area contributed by atoms with E-state index < -0.39 is 5.82 Å². The van der Waals surface area contributed by atoms with Crippen LogP contribution < -0.4 is 10.9 Å². The third-order valence-corrected chi connectivity index (χ3v) is 7.01. The molecule has 3 rings (SSSR count). The Kier molecular flexibility index (Phi) is 7.85. The molecule has 31 heavy (non-hydrogen) atoms. The molecule has 3 aromatic rings. The van der Waals surface area contributed by atoms with Crippen molar-refractivity contribution in [1.29, 1.82) is 0 Å². The minimum atomic E-state index is -0.410. The molecule has 0 spiro atoms. The summed E-state index contributed by atoms with van der Waals surface area (Å²) in [6.07, 6.45) is 0.672. The Morgan fingerprint density at radius 1 is 1.32 bits per heavy atom. The molecule has 0 radical (unpaired) electrons. The molecule has 1 aromatic carbocycles. The lowest BCUT2D eigenvalue weighted by atomic mass is 10.2. The summed E-state index contributed by atoms with van der Waals surface area (Å²) in [6.45, 7) is 9.27. The molecular formula is C22H26FN3O3S2. The Labute approximate surface area is 188 Å². The highest BCUT2D eigenvalue weighted by Gasteiger charge is 2.18. The van der Waals surface area contributed by atoms with E-state index in [1.54, 1.807) is 17.6 Å². The predicted octanol–water partition coefficient (Wildman–Crippen LogP) is 4.68. The maximum absolute atomic E-state index is 13.5. The van der Waals surface area contributed by atoms with Gasteiger partial charge in [-0.3, -0.25) is 14.2 Å². The van der Waals surface area contributed by atoms with Crippen molar-refractivity contribution in [1.82, 2.24) is 9.55 Å². The van der Waals surface area contributed by atoms with Crippen molar-refractivity contribution < 1.29 is 13.9 Å². The number of aromatic nitrogens is 2. The second-order valence-corrected chi connectivity index (χ2v) is 9.31. The van der Waals surface area contributed by atoms with E-state index >= 15 is 0 Å². The first kappa shape index (κ1) is 23.4. The van der Waals surface area contributed by atoms with Gasteiger partial charge in [0, 0.05) is 30.3 Å². The monoisotopic (exact) mass is 463 g/mol. The first-order chi connectivity index (χ1) is 14.8. The summed E-state index contributed by atoms with van der Waals surface area (Å²) in [5.74, 6) is -0.636. The second-order valence-electron chi connectivity index (χ2n) is 7.16. The SMILES string of the molecule is CCOCCCn1c(SCC(=O)Nc2cc(F)ccc2C)nc2sc(C)c(C)c2c1=O. The van der Waals surface area contributed by atoms with Crippen LogP contribution in [0.5, 0.6) is 0 Å². The fraction of sp³-hybridized carbons (Fsp3) is 0.409. The molecule has 0 fully saturated rings. The number of carbonyl (C=O) groups is 1. The van der Waals surface area contributed by atoms with Crippen molar-refractivity contribution in [3.05, 3.63) is 50.4 Å². The zero-order valence-electron chi connectivity index (χ0n) is 18.1. The highest BCUT2D eigenvalue weighted by atomic mass is 32.2. The van der Waals surface area contributed by atoms with Gasteiger partial charge in [0.1, 0.15) is 10.6 Å². The lowest BCUT2D eigenvalue weighted by Crippen LogP contribution is -2.25. The van der Waals surface area contributed by atoms with Gasteiger partial charge in [0.25, 0.3) is 5.56 Å². The van der Waals surface area contributed by atoms with Crippen LogP contribution in [0.2, 0.25) is 0 Å². The fourth-order valence-corrected chi connectivity index (χ4v) is 5.03. The van der Waals surface area contributed by atoms with Gasteiger partial charge in [0.15, 0.2) is 5.16 Å². The van der Waals surface area contributed by atoms with Gasteiger partial charge in [-0.2, -0.15) is 0 Å². The number of nitrogens with zero attached hydrogens (tertiary/aromatic N) is 2. The normalized spacial score (nSPS) is 11.3. The van der Waals surface area contributed by atoms with Crippen molar-refractivity contribution in [2.75, 3.05) is 24.3 Å². The standard InChI is InChI=1S/C22H26FN3O3S2/c1-5-29-10-6-9-26-21(28)19-14(3)15(4)31-20(19)25-22(26)30-12-18(27)24-17-11-16(23)8-7-13(17)2/h7-8,11H,5-6,9-10,12H2,1-4H3,(H,24,27). The number of amides is 1. The van der Waals surface area contributed by atoms with Gasteiger partial charge in [-0.1, -0.05) is 17.8 Å². The number of anilines is 1. The number of ether oxygens (including phenoxy) is 1. The summed E-state index contributed by atoms with van der Waals surface area (Å²) in [7, 11) is 0. The number of thioether (sulfide) groups is 1. The molecule has 0 saturated heterocycles. The van der Waals surface area contributed by atoms with Gasteiger partial charge in [0.05, 0.1) is 11.1 Å². The van der Waals surface area contributed by atoms with Gasteiger partial charge < -0.3 is 10.1 Å². The molecule has 0 bridgehead atoms. The highest BCUT2D eigenvalue weighted by Crippen LogP contribution is 2.28. The van der Waals surface area contributed by atoms with E-state index in [1.165, 1.54) is 35.2 Å². The summed E-state index contributed by atoms with van der Waals surface area (Å²) in [5.41, 5.74) is 2.07. The molecule has 1 amide bonds. The van der Waals surface area contributed by atoms with Crippen LogP contribution in [-0.2, 0) is 16.1 Å². The maximum Gasteiger partial charge on any atom is 0.263 e. The zero-order chi connectivity index (χ0) is 22.5. The molecule has 166 valence electrons.